The van der Waals surface area contributed by atoms with E-state index in [4.69, 9.17) is 0 Å². The molecule has 0 atom stereocenters. The highest BCUT2D eigenvalue weighted by atomic mass is 32.2. The predicted octanol–water partition coefficient (Wildman–Crippen LogP) is 3.46. The van der Waals surface area contributed by atoms with E-state index in [9.17, 15) is 13.6 Å². The van der Waals surface area contributed by atoms with E-state index < -0.39 is 11.6 Å². The molecule has 1 aliphatic carbocycles. The van der Waals surface area contributed by atoms with Gasteiger partial charge in [0.25, 0.3) is 0 Å². The molecular weight excluding hydrogens is 268 g/mol. The Labute approximate surface area is 116 Å². The second-order valence-corrected chi connectivity index (χ2v) is 6.04. The standard InChI is InChI=1S/C14H17F2NOS/c1-9(2)17(10-3-4-10)14(18)8-19-11-5-6-12(15)13(16)7-11/h5-7,9-10H,3-4,8H2,1-2H3. The van der Waals surface area contributed by atoms with Crippen molar-refractivity contribution in [1.82, 2.24) is 4.90 Å². The minimum absolute atomic E-state index is 0.0623. The van der Waals surface area contributed by atoms with E-state index in [0.29, 0.717) is 10.9 Å². The number of rotatable bonds is 5. The Bertz CT molecular complexity index is 473. The van der Waals surface area contributed by atoms with Gasteiger partial charge in [0, 0.05) is 17.0 Å². The first-order valence-corrected chi connectivity index (χ1v) is 7.36. The molecule has 0 unspecified atom stereocenters. The van der Waals surface area contributed by atoms with Crippen molar-refractivity contribution in [2.75, 3.05) is 5.75 Å². The van der Waals surface area contributed by atoms with Crippen molar-refractivity contribution in [2.24, 2.45) is 0 Å². The Kier molecular flexibility index (Phi) is 4.45. The molecule has 1 saturated carbocycles. The van der Waals surface area contributed by atoms with Gasteiger partial charge in [-0.05, 0) is 44.9 Å². The first-order chi connectivity index (χ1) is 8.99. The quantitative estimate of drug-likeness (QED) is 0.772. The lowest BCUT2D eigenvalue weighted by molar-refractivity contribution is -0.130. The van der Waals surface area contributed by atoms with Crippen LogP contribution >= 0.6 is 11.8 Å². The molecule has 1 amide bonds. The summed E-state index contributed by atoms with van der Waals surface area (Å²) in [7, 11) is 0. The summed E-state index contributed by atoms with van der Waals surface area (Å²) in [6.07, 6.45) is 2.14. The van der Waals surface area contributed by atoms with Gasteiger partial charge >= 0.3 is 0 Å². The molecule has 0 saturated heterocycles. The zero-order valence-electron chi connectivity index (χ0n) is 11.0. The van der Waals surface area contributed by atoms with Gasteiger partial charge < -0.3 is 4.90 Å². The third-order valence-corrected chi connectivity index (χ3v) is 4.02. The highest BCUT2D eigenvalue weighted by Gasteiger charge is 2.33. The van der Waals surface area contributed by atoms with Crippen LogP contribution in [0.15, 0.2) is 23.1 Å². The van der Waals surface area contributed by atoms with Crippen molar-refractivity contribution >= 4 is 17.7 Å². The predicted molar refractivity (Wildman–Crippen MR) is 72.1 cm³/mol. The van der Waals surface area contributed by atoms with Crippen LogP contribution in [0, 0.1) is 11.6 Å². The van der Waals surface area contributed by atoms with Crippen LogP contribution in [0.5, 0.6) is 0 Å². The Morgan fingerprint density at radius 3 is 2.58 bits per heavy atom. The average molecular weight is 285 g/mol. The van der Waals surface area contributed by atoms with Crippen LogP contribution in [0.1, 0.15) is 26.7 Å². The summed E-state index contributed by atoms with van der Waals surface area (Å²) in [5, 5.41) is 0. The molecule has 1 aliphatic rings. The molecular formula is C14H17F2NOS. The first-order valence-electron chi connectivity index (χ1n) is 6.38. The molecule has 0 heterocycles. The Hall–Kier alpha value is -1.10. The van der Waals surface area contributed by atoms with Gasteiger partial charge in [-0.3, -0.25) is 4.79 Å². The third kappa shape index (κ3) is 3.69. The highest BCUT2D eigenvalue weighted by molar-refractivity contribution is 8.00. The van der Waals surface area contributed by atoms with Crippen molar-refractivity contribution in [3.05, 3.63) is 29.8 Å². The molecule has 0 aliphatic heterocycles. The van der Waals surface area contributed by atoms with Crippen molar-refractivity contribution in [3.63, 3.8) is 0 Å². The molecule has 0 radical (unpaired) electrons. The fourth-order valence-corrected chi connectivity index (χ4v) is 2.84. The summed E-state index contributed by atoms with van der Waals surface area (Å²) in [4.78, 5) is 14.6. The van der Waals surface area contributed by atoms with Crippen LogP contribution in [-0.4, -0.2) is 28.6 Å². The maximum Gasteiger partial charge on any atom is 0.233 e. The normalized spacial score (nSPS) is 14.8. The van der Waals surface area contributed by atoms with Gasteiger partial charge in [0.05, 0.1) is 5.75 Å². The van der Waals surface area contributed by atoms with Crippen LogP contribution in [0.4, 0.5) is 8.78 Å². The lowest BCUT2D eigenvalue weighted by Gasteiger charge is -2.26. The average Bonchev–Trinajstić information content (AvgIpc) is 3.15. The molecule has 1 aromatic rings. The number of hydrogen-bond donors (Lipinski definition) is 0. The molecule has 0 bridgehead atoms. The van der Waals surface area contributed by atoms with Gasteiger partial charge in [-0.1, -0.05) is 0 Å². The minimum atomic E-state index is -0.875. The van der Waals surface area contributed by atoms with Gasteiger partial charge in [0.1, 0.15) is 0 Å². The maximum atomic E-state index is 13.0. The summed E-state index contributed by atoms with van der Waals surface area (Å²) in [5.74, 6) is -1.41. The summed E-state index contributed by atoms with van der Waals surface area (Å²) < 4.78 is 25.8. The van der Waals surface area contributed by atoms with E-state index in [-0.39, 0.29) is 17.7 Å². The SMILES string of the molecule is CC(C)N(C(=O)CSc1ccc(F)c(F)c1)C1CC1. The number of halogens is 2. The van der Waals surface area contributed by atoms with Crippen molar-refractivity contribution in [3.8, 4) is 0 Å². The van der Waals surface area contributed by atoms with Crippen LogP contribution in [-0.2, 0) is 4.79 Å². The van der Waals surface area contributed by atoms with Crippen molar-refractivity contribution in [2.45, 2.75) is 43.7 Å². The fraction of sp³-hybridized carbons (Fsp3) is 0.500. The highest BCUT2D eigenvalue weighted by Crippen LogP contribution is 2.30. The largest absolute Gasteiger partial charge is 0.337 e. The van der Waals surface area contributed by atoms with Crippen LogP contribution in [0.3, 0.4) is 0 Å². The summed E-state index contributed by atoms with van der Waals surface area (Å²) in [6, 6.07) is 4.27. The monoisotopic (exact) mass is 285 g/mol. The van der Waals surface area contributed by atoms with Crippen LogP contribution < -0.4 is 0 Å². The molecule has 0 spiro atoms. The van der Waals surface area contributed by atoms with Crippen LogP contribution in [0.25, 0.3) is 0 Å². The number of carbonyl (C=O) groups is 1. The molecule has 1 fully saturated rings. The number of amides is 1. The maximum absolute atomic E-state index is 13.0. The Morgan fingerprint density at radius 1 is 1.37 bits per heavy atom. The molecule has 2 nitrogen and oxygen atoms in total. The van der Waals surface area contributed by atoms with E-state index >= 15 is 0 Å². The van der Waals surface area contributed by atoms with Gasteiger partial charge in [0.15, 0.2) is 11.6 Å². The minimum Gasteiger partial charge on any atom is -0.337 e. The van der Waals surface area contributed by atoms with Gasteiger partial charge in [-0.25, -0.2) is 8.78 Å². The van der Waals surface area contributed by atoms with E-state index in [1.807, 2.05) is 18.7 Å². The Morgan fingerprint density at radius 2 is 2.05 bits per heavy atom. The lowest BCUT2D eigenvalue weighted by atomic mass is 10.3. The lowest BCUT2D eigenvalue weighted by Crippen LogP contribution is -2.39. The molecule has 19 heavy (non-hydrogen) atoms. The first kappa shape index (κ1) is 14.3. The number of hydrogen-bond acceptors (Lipinski definition) is 2. The molecule has 0 aromatic heterocycles. The number of carbonyl (C=O) groups excluding carboxylic acids is 1. The topological polar surface area (TPSA) is 20.3 Å². The molecule has 0 N–H and O–H groups in total. The van der Waals surface area contributed by atoms with E-state index in [1.165, 1.54) is 17.8 Å². The Balaban J connectivity index is 1.93. The van der Waals surface area contributed by atoms with E-state index in [2.05, 4.69) is 0 Å². The number of thioether (sulfide) groups is 1. The summed E-state index contributed by atoms with van der Waals surface area (Å²) in [6.45, 7) is 4.00. The van der Waals surface area contributed by atoms with Crippen molar-refractivity contribution in [1.29, 1.82) is 0 Å². The molecule has 5 heteroatoms. The second-order valence-electron chi connectivity index (χ2n) is 4.99. The molecule has 104 valence electrons. The third-order valence-electron chi connectivity index (χ3n) is 3.04. The van der Waals surface area contributed by atoms with Crippen molar-refractivity contribution < 1.29 is 13.6 Å². The fourth-order valence-electron chi connectivity index (χ4n) is 2.05. The van der Waals surface area contributed by atoms with Crippen LogP contribution in [0.2, 0.25) is 0 Å². The summed E-state index contributed by atoms with van der Waals surface area (Å²) >= 11 is 1.24. The molecule has 2 rings (SSSR count). The molecule has 1 aromatic carbocycles. The summed E-state index contributed by atoms with van der Waals surface area (Å²) in [5.41, 5.74) is 0. The van der Waals surface area contributed by atoms with Gasteiger partial charge in [-0.15, -0.1) is 11.8 Å². The number of benzene rings is 1. The second kappa shape index (κ2) is 5.90. The zero-order chi connectivity index (χ0) is 14.0. The smallest absolute Gasteiger partial charge is 0.233 e. The zero-order valence-corrected chi connectivity index (χ0v) is 11.8. The van der Waals surface area contributed by atoms with Gasteiger partial charge in [0.2, 0.25) is 5.91 Å². The van der Waals surface area contributed by atoms with E-state index in [0.717, 1.165) is 25.0 Å². The van der Waals surface area contributed by atoms with Gasteiger partial charge in [-0.2, -0.15) is 0 Å². The number of nitrogens with zero attached hydrogens (tertiary/aromatic N) is 1. The van der Waals surface area contributed by atoms with E-state index in [1.54, 1.807) is 0 Å².